The quantitative estimate of drug-likeness (QED) is 0.487. The average Bonchev–Trinajstić information content (AvgIpc) is 3.14. The van der Waals surface area contributed by atoms with Crippen LogP contribution in [-0.4, -0.2) is 46.7 Å². The van der Waals surface area contributed by atoms with Crippen molar-refractivity contribution in [3.05, 3.63) is 46.6 Å². The molecule has 1 saturated heterocycles. The molecule has 3 aromatic rings. The summed E-state index contributed by atoms with van der Waals surface area (Å²) in [5, 5.41) is 3.68. The Kier molecular flexibility index (Phi) is 6.93. The van der Waals surface area contributed by atoms with E-state index < -0.39 is 17.6 Å². The number of piperidine rings is 1. The highest BCUT2D eigenvalue weighted by Crippen LogP contribution is 2.37. The molecule has 0 aliphatic carbocycles. The number of nitrogens with one attached hydrogen (secondary N) is 1. The van der Waals surface area contributed by atoms with E-state index >= 15 is 0 Å². The second kappa shape index (κ2) is 9.91. The van der Waals surface area contributed by atoms with Gasteiger partial charge in [-0.05, 0) is 62.9 Å². The lowest BCUT2D eigenvalue weighted by Crippen LogP contribution is -2.46. The topological polar surface area (TPSA) is 136 Å². The summed E-state index contributed by atoms with van der Waals surface area (Å²) in [6.07, 6.45) is 8.53. The highest BCUT2D eigenvalue weighted by molar-refractivity contribution is 7.21. The molecule has 0 aromatic carbocycles. The molecule has 0 radical (unpaired) electrons. The molecule has 1 aliphatic heterocycles. The number of carbonyl (C=O) groups excluding carboxylic acids is 2. The molecular weight excluding hydrogens is 464 g/mol. The number of hydrogen-bond acceptors (Lipinski definition) is 8. The molecule has 5 N–H and O–H groups in total. The zero-order chi connectivity index (χ0) is 25.2. The van der Waals surface area contributed by atoms with Crippen molar-refractivity contribution in [2.75, 3.05) is 23.7 Å². The molecule has 1 aliphatic rings. The lowest BCUT2D eigenvalue weighted by atomic mass is 10.0. The molecule has 0 atom stereocenters. The second-order valence-corrected chi connectivity index (χ2v) is 10.5. The van der Waals surface area contributed by atoms with Gasteiger partial charge in [0.15, 0.2) is 0 Å². The molecule has 10 heteroatoms. The number of fused-ring (bicyclic) bond motifs is 1. The van der Waals surface area contributed by atoms with Gasteiger partial charge in [0, 0.05) is 36.9 Å². The molecule has 3 aromatic heterocycles. The summed E-state index contributed by atoms with van der Waals surface area (Å²) >= 11 is 1.21. The smallest absolute Gasteiger partial charge is 0.407 e. The van der Waals surface area contributed by atoms with Crippen molar-refractivity contribution < 1.29 is 14.3 Å². The van der Waals surface area contributed by atoms with Crippen LogP contribution in [0.4, 0.5) is 16.3 Å². The number of nitrogens with zero attached hydrogens (tertiary/aromatic N) is 3. The number of carbonyl (C=O) groups is 2. The number of nitrogens with two attached hydrogens (primary N) is 2. The Balaban J connectivity index is 1.58. The summed E-state index contributed by atoms with van der Waals surface area (Å²) in [6.45, 7) is 6.97. The lowest BCUT2D eigenvalue weighted by Gasteiger charge is -2.33. The Hall–Kier alpha value is -3.66. The van der Waals surface area contributed by atoms with Gasteiger partial charge >= 0.3 is 6.09 Å². The van der Waals surface area contributed by atoms with Crippen LogP contribution in [0.2, 0.25) is 0 Å². The number of aromatic nitrogens is 2. The summed E-state index contributed by atoms with van der Waals surface area (Å²) in [5.74, 6) is 0.227. The van der Waals surface area contributed by atoms with Gasteiger partial charge in [-0.25, -0.2) is 9.78 Å². The van der Waals surface area contributed by atoms with Gasteiger partial charge < -0.3 is 26.4 Å². The van der Waals surface area contributed by atoms with Gasteiger partial charge in [0.05, 0.1) is 5.69 Å². The van der Waals surface area contributed by atoms with Crippen LogP contribution < -0.4 is 21.7 Å². The maximum Gasteiger partial charge on any atom is 0.407 e. The Bertz CT molecular complexity index is 1260. The third-order valence-corrected chi connectivity index (χ3v) is 6.75. The van der Waals surface area contributed by atoms with E-state index in [2.05, 4.69) is 15.2 Å². The van der Waals surface area contributed by atoms with E-state index in [9.17, 15) is 9.59 Å². The normalized spacial score (nSPS) is 15.0. The third kappa shape index (κ3) is 5.89. The van der Waals surface area contributed by atoms with Gasteiger partial charge in [-0.1, -0.05) is 12.2 Å². The number of anilines is 2. The Morgan fingerprint density at radius 1 is 1.20 bits per heavy atom. The van der Waals surface area contributed by atoms with Crippen LogP contribution in [0.25, 0.3) is 22.4 Å². The van der Waals surface area contributed by atoms with Crippen LogP contribution in [-0.2, 0) is 4.74 Å². The Labute approximate surface area is 208 Å². The highest BCUT2D eigenvalue weighted by atomic mass is 32.1. The number of alkyl carbamates (subject to hydrolysis) is 1. The molecule has 1 fully saturated rings. The molecule has 9 nitrogen and oxygen atoms in total. The second-order valence-electron chi connectivity index (χ2n) is 9.48. The summed E-state index contributed by atoms with van der Waals surface area (Å²) in [6, 6.07) is 5.83. The largest absolute Gasteiger partial charge is 0.444 e. The molecule has 2 amide bonds. The fourth-order valence-corrected chi connectivity index (χ4v) is 4.98. The van der Waals surface area contributed by atoms with Crippen molar-refractivity contribution >= 4 is 57.2 Å². The molecule has 0 unspecified atom stereocenters. The molecule has 184 valence electrons. The third-order valence-electron chi connectivity index (χ3n) is 5.64. The first kappa shape index (κ1) is 24.5. The van der Waals surface area contributed by atoms with Gasteiger partial charge in [-0.2, -0.15) is 0 Å². The van der Waals surface area contributed by atoms with Crippen molar-refractivity contribution in [2.24, 2.45) is 5.73 Å². The first-order chi connectivity index (χ1) is 16.6. The molecule has 0 bridgehead atoms. The molecule has 0 spiro atoms. The first-order valence-electron chi connectivity index (χ1n) is 11.5. The number of amides is 2. The summed E-state index contributed by atoms with van der Waals surface area (Å²) < 4.78 is 5.38. The minimum atomic E-state index is -0.565. The maximum atomic E-state index is 12.1. The summed E-state index contributed by atoms with van der Waals surface area (Å²) in [4.78, 5) is 36.1. The van der Waals surface area contributed by atoms with E-state index in [4.69, 9.17) is 21.2 Å². The Morgan fingerprint density at radius 2 is 1.89 bits per heavy atom. The number of nitrogen functional groups attached to an aromatic ring is 1. The number of thiophene rings is 1. The highest BCUT2D eigenvalue weighted by Gasteiger charge is 2.25. The van der Waals surface area contributed by atoms with Crippen LogP contribution in [0.3, 0.4) is 0 Å². The number of hydrogen-bond donors (Lipinski definition) is 3. The number of ether oxygens (including phenoxy) is 1. The van der Waals surface area contributed by atoms with Crippen molar-refractivity contribution in [3.8, 4) is 0 Å². The minimum absolute atomic E-state index is 0.0368. The van der Waals surface area contributed by atoms with Gasteiger partial charge in [0.1, 0.15) is 21.1 Å². The number of primary amides is 1. The van der Waals surface area contributed by atoms with E-state index in [1.54, 1.807) is 12.4 Å². The maximum absolute atomic E-state index is 12.1. The van der Waals surface area contributed by atoms with E-state index in [1.807, 2.05) is 51.1 Å². The van der Waals surface area contributed by atoms with Crippen molar-refractivity contribution in [1.29, 1.82) is 0 Å². The zero-order valence-corrected chi connectivity index (χ0v) is 20.9. The molecule has 0 saturated carbocycles. The predicted molar refractivity (Wildman–Crippen MR) is 140 cm³/mol. The van der Waals surface area contributed by atoms with Gasteiger partial charge in [0.2, 0.25) is 0 Å². The summed E-state index contributed by atoms with van der Waals surface area (Å²) in [5.41, 5.74) is 13.5. The van der Waals surface area contributed by atoms with Crippen LogP contribution in [0.15, 0.2) is 30.6 Å². The van der Waals surface area contributed by atoms with Crippen LogP contribution >= 0.6 is 11.3 Å². The van der Waals surface area contributed by atoms with Crippen LogP contribution in [0, 0.1) is 0 Å². The monoisotopic (exact) mass is 494 g/mol. The SMILES string of the molecule is CC(C)(C)OC(=O)NC1CCN(c2cc(/C=C/c3ccncc3)c3c(N)c(C(N)=O)sc3n2)CC1. The average molecular weight is 495 g/mol. The number of rotatable bonds is 5. The number of pyridine rings is 2. The fraction of sp³-hybridized carbons (Fsp3) is 0.360. The fourth-order valence-electron chi connectivity index (χ4n) is 4.00. The van der Waals surface area contributed by atoms with Crippen LogP contribution in [0.1, 0.15) is 54.4 Å². The summed E-state index contributed by atoms with van der Waals surface area (Å²) in [7, 11) is 0. The van der Waals surface area contributed by atoms with Crippen molar-refractivity contribution in [1.82, 2.24) is 15.3 Å². The standard InChI is InChI=1S/C25H30N6O3S/c1-25(2,3)34-24(33)29-17-8-12-31(13-9-17)18-14-16(5-4-15-6-10-28-11-7-15)19-20(26)21(22(27)32)35-23(19)30-18/h4-7,10-11,14,17H,8-9,12-13,26H2,1-3H3,(H2,27,32)(H,29,33)/b5-4+. The Morgan fingerprint density at radius 3 is 2.51 bits per heavy atom. The predicted octanol–water partition coefficient (Wildman–Crippen LogP) is 4.04. The molecular formula is C25H30N6O3S. The van der Waals surface area contributed by atoms with Crippen LogP contribution in [0.5, 0.6) is 0 Å². The van der Waals surface area contributed by atoms with Gasteiger partial charge in [-0.3, -0.25) is 9.78 Å². The molecule has 35 heavy (non-hydrogen) atoms. The minimum Gasteiger partial charge on any atom is -0.444 e. The first-order valence-corrected chi connectivity index (χ1v) is 12.3. The van der Waals surface area contributed by atoms with Crippen molar-refractivity contribution in [3.63, 3.8) is 0 Å². The van der Waals surface area contributed by atoms with E-state index in [-0.39, 0.29) is 6.04 Å². The van der Waals surface area contributed by atoms with Gasteiger partial charge in [-0.15, -0.1) is 11.3 Å². The van der Waals surface area contributed by atoms with Gasteiger partial charge in [0.25, 0.3) is 5.91 Å². The zero-order valence-electron chi connectivity index (χ0n) is 20.1. The van der Waals surface area contributed by atoms with E-state index in [1.165, 1.54) is 11.3 Å². The van der Waals surface area contributed by atoms with E-state index in [0.29, 0.717) is 15.4 Å². The molecule has 4 heterocycles. The van der Waals surface area contributed by atoms with E-state index in [0.717, 1.165) is 48.3 Å². The molecule has 4 rings (SSSR count). The lowest BCUT2D eigenvalue weighted by molar-refractivity contribution is 0.0497. The van der Waals surface area contributed by atoms with Crippen molar-refractivity contribution in [2.45, 2.75) is 45.3 Å².